The third kappa shape index (κ3) is 3.50. The van der Waals surface area contributed by atoms with E-state index in [1.54, 1.807) is 6.07 Å². The number of anilines is 1. The van der Waals surface area contributed by atoms with Gasteiger partial charge in [-0.2, -0.15) is 9.97 Å². The highest BCUT2D eigenvalue weighted by Gasteiger charge is 2.07. The van der Waals surface area contributed by atoms with Crippen molar-refractivity contribution in [3.05, 3.63) is 35.9 Å². The normalized spacial score (nSPS) is 10.1. The van der Waals surface area contributed by atoms with Crippen LogP contribution in [0.5, 0.6) is 17.8 Å². The van der Waals surface area contributed by atoms with Crippen molar-refractivity contribution in [2.75, 3.05) is 26.6 Å². The molecule has 0 amide bonds. The highest BCUT2D eigenvalue weighted by atomic mass is 16.5. The van der Waals surface area contributed by atoms with Gasteiger partial charge in [0, 0.05) is 12.1 Å². The maximum atomic E-state index is 5.86. The number of aromatic nitrogens is 2. The molecule has 2 aromatic rings. The van der Waals surface area contributed by atoms with Crippen molar-refractivity contribution in [1.82, 2.24) is 9.97 Å². The molecule has 0 aliphatic rings. The predicted octanol–water partition coefficient (Wildman–Crippen LogP) is 1.70. The van der Waals surface area contributed by atoms with E-state index in [0.29, 0.717) is 24.8 Å². The molecule has 0 radical (unpaired) electrons. The number of para-hydroxylation sites is 1. The van der Waals surface area contributed by atoms with Gasteiger partial charge in [0.15, 0.2) is 0 Å². The van der Waals surface area contributed by atoms with E-state index in [-0.39, 0.29) is 6.01 Å². The highest BCUT2D eigenvalue weighted by Crippen LogP contribution is 2.19. The number of nitrogens with zero attached hydrogens (tertiary/aromatic N) is 2. The first-order valence-corrected chi connectivity index (χ1v) is 6.16. The number of methoxy groups -OCH3 is 2. The Morgan fingerprint density at radius 3 is 2.30 bits per heavy atom. The van der Waals surface area contributed by atoms with Gasteiger partial charge >= 0.3 is 6.01 Å². The standard InChI is InChI=1S/C14H17N3O3/c1-18-12-9-13(19-2)17-14(16-12)20-8-7-10-5-3-4-6-11(10)15/h3-6,9H,7-8,15H2,1-2H3. The van der Waals surface area contributed by atoms with Crippen LogP contribution < -0.4 is 19.9 Å². The quantitative estimate of drug-likeness (QED) is 0.808. The van der Waals surface area contributed by atoms with Crippen LogP contribution in [0.3, 0.4) is 0 Å². The van der Waals surface area contributed by atoms with Crippen LogP contribution in [0.25, 0.3) is 0 Å². The molecule has 0 aliphatic carbocycles. The van der Waals surface area contributed by atoms with Crippen molar-refractivity contribution >= 4 is 5.69 Å². The third-order valence-electron chi connectivity index (χ3n) is 2.73. The topological polar surface area (TPSA) is 79.5 Å². The number of hydrogen-bond donors (Lipinski definition) is 1. The van der Waals surface area contributed by atoms with Crippen LogP contribution in [0.1, 0.15) is 5.56 Å². The molecule has 0 saturated carbocycles. The first-order valence-electron chi connectivity index (χ1n) is 6.16. The first-order chi connectivity index (χ1) is 9.72. The molecule has 0 unspecified atom stereocenters. The summed E-state index contributed by atoms with van der Waals surface area (Å²) in [6.07, 6.45) is 0.676. The molecule has 6 nitrogen and oxygen atoms in total. The highest BCUT2D eigenvalue weighted by molar-refractivity contribution is 5.46. The minimum Gasteiger partial charge on any atom is -0.481 e. The average Bonchev–Trinajstić information content (AvgIpc) is 2.48. The van der Waals surface area contributed by atoms with E-state index in [1.165, 1.54) is 14.2 Å². The Labute approximate surface area is 117 Å². The van der Waals surface area contributed by atoms with Gasteiger partial charge in [0.2, 0.25) is 11.8 Å². The second kappa shape index (κ2) is 6.60. The van der Waals surface area contributed by atoms with Crippen LogP contribution in [-0.4, -0.2) is 30.8 Å². The molecule has 106 valence electrons. The van der Waals surface area contributed by atoms with Crippen molar-refractivity contribution in [3.8, 4) is 17.8 Å². The number of rotatable bonds is 6. The molecule has 0 saturated heterocycles. The fourth-order valence-electron chi connectivity index (χ4n) is 1.67. The lowest BCUT2D eigenvalue weighted by molar-refractivity contribution is 0.279. The molecule has 0 bridgehead atoms. The Kier molecular flexibility index (Phi) is 4.60. The van der Waals surface area contributed by atoms with Gasteiger partial charge in [-0.05, 0) is 11.6 Å². The van der Waals surface area contributed by atoms with Crippen LogP contribution >= 0.6 is 0 Å². The fraction of sp³-hybridized carbons (Fsp3) is 0.286. The van der Waals surface area contributed by atoms with E-state index in [1.807, 2.05) is 24.3 Å². The molecule has 0 aliphatic heterocycles. The predicted molar refractivity (Wildman–Crippen MR) is 75.2 cm³/mol. The Morgan fingerprint density at radius 2 is 1.70 bits per heavy atom. The van der Waals surface area contributed by atoms with E-state index >= 15 is 0 Å². The van der Waals surface area contributed by atoms with Gasteiger partial charge in [-0.25, -0.2) is 0 Å². The maximum Gasteiger partial charge on any atom is 0.323 e. The number of nitrogen functional groups attached to an aromatic ring is 1. The third-order valence-corrected chi connectivity index (χ3v) is 2.73. The molecule has 2 rings (SSSR count). The van der Waals surface area contributed by atoms with E-state index in [0.717, 1.165) is 11.3 Å². The van der Waals surface area contributed by atoms with E-state index in [2.05, 4.69) is 9.97 Å². The smallest absolute Gasteiger partial charge is 0.323 e. The Bertz CT molecular complexity index is 553. The fourth-order valence-corrected chi connectivity index (χ4v) is 1.67. The molecule has 0 fully saturated rings. The SMILES string of the molecule is COc1cc(OC)nc(OCCc2ccccc2N)n1. The zero-order valence-electron chi connectivity index (χ0n) is 11.5. The molecule has 1 heterocycles. The Hall–Kier alpha value is -2.50. The zero-order chi connectivity index (χ0) is 14.4. The van der Waals surface area contributed by atoms with Crippen molar-refractivity contribution < 1.29 is 14.2 Å². The second-order valence-electron chi connectivity index (χ2n) is 4.03. The molecular weight excluding hydrogens is 258 g/mol. The van der Waals surface area contributed by atoms with E-state index in [4.69, 9.17) is 19.9 Å². The van der Waals surface area contributed by atoms with Crippen molar-refractivity contribution in [2.24, 2.45) is 0 Å². The van der Waals surface area contributed by atoms with E-state index in [9.17, 15) is 0 Å². The number of ether oxygens (including phenoxy) is 3. The summed E-state index contributed by atoms with van der Waals surface area (Å²) < 4.78 is 15.6. The van der Waals surface area contributed by atoms with Gasteiger partial charge in [-0.15, -0.1) is 0 Å². The monoisotopic (exact) mass is 275 g/mol. The van der Waals surface area contributed by atoms with Crippen molar-refractivity contribution in [1.29, 1.82) is 0 Å². The number of benzene rings is 1. The number of hydrogen-bond acceptors (Lipinski definition) is 6. The van der Waals surface area contributed by atoms with Gasteiger partial charge < -0.3 is 19.9 Å². The molecule has 20 heavy (non-hydrogen) atoms. The second-order valence-corrected chi connectivity index (χ2v) is 4.03. The lowest BCUT2D eigenvalue weighted by Gasteiger charge is -2.08. The minimum atomic E-state index is 0.218. The summed E-state index contributed by atoms with van der Waals surface area (Å²) in [6, 6.07) is 9.47. The molecule has 1 aromatic heterocycles. The molecule has 0 spiro atoms. The van der Waals surface area contributed by atoms with Crippen LogP contribution in [0.2, 0.25) is 0 Å². The summed E-state index contributed by atoms with van der Waals surface area (Å²) in [4.78, 5) is 8.17. The lowest BCUT2D eigenvalue weighted by Crippen LogP contribution is -2.07. The summed E-state index contributed by atoms with van der Waals surface area (Å²) in [5.41, 5.74) is 7.64. The van der Waals surface area contributed by atoms with Gasteiger partial charge in [-0.3, -0.25) is 0 Å². The Morgan fingerprint density at radius 1 is 1.05 bits per heavy atom. The van der Waals surface area contributed by atoms with Crippen LogP contribution in [-0.2, 0) is 6.42 Å². The van der Waals surface area contributed by atoms with Crippen LogP contribution in [0.4, 0.5) is 5.69 Å². The largest absolute Gasteiger partial charge is 0.481 e. The van der Waals surface area contributed by atoms with Gasteiger partial charge in [0.25, 0.3) is 0 Å². The van der Waals surface area contributed by atoms with Crippen molar-refractivity contribution in [2.45, 2.75) is 6.42 Å². The summed E-state index contributed by atoms with van der Waals surface area (Å²) in [5.74, 6) is 0.789. The molecule has 2 N–H and O–H groups in total. The lowest BCUT2D eigenvalue weighted by atomic mass is 10.1. The van der Waals surface area contributed by atoms with Crippen LogP contribution in [0, 0.1) is 0 Å². The molecular formula is C14H17N3O3. The number of nitrogens with two attached hydrogens (primary N) is 1. The van der Waals surface area contributed by atoms with Crippen LogP contribution in [0.15, 0.2) is 30.3 Å². The maximum absolute atomic E-state index is 5.86. The summed E-state index contributed by atoms with van der Waals surface area (Å²) >= 11 is 0. The summed E-state index contributed by atoms with van der Waals surface area (Å²) in [5, 5.41) is 0. The molecule has 1 aromatic carbocycles. The molecule has 6 heteroatoms. The van der Waals surface area contributed by atoms with Gasteiger partial charge in [-0.1, -0.05) is 18.2 Å². The van der Waals surface area contributed by atoms with E-state index < -0.39 is 0 Å². The summed E-state index contributed by atoms with van der Waals surface area (Å²) in [6.45, 7) is 0.421. The minimum absolute atomic E-state index is 0.218. The first kappa shape index (κ1) is 13.9. The van der Waals surface area contributed by atoms with Gasteiger partial charge in [0.1, 0.15) is 0 Å². The van der Waals surface area contributed by atoms with Gasteiger partial charge in [0.05, 0.1) is 26.9 Å². The average molecular weight is 275 g/mol. The zero-order valence-corrected chi connectivity index (χ0v) is 11.5. The Balaban J connectivity index is 1.99. The van der Waals surface area contributed by atoms with Crippen molar-refractivity contribution in [3.63, 3.8) is 0 Å². The summed E-state index contributed by atoms with van der Waals surface area (Å²) in [7, 11) is 3.05. The molecule has 0 atom stereocenters.